The van der Waals surface area contributed by atoms with E-state index in [9.17, 15) is 8.42 Å². The Kier molecular flexibility index (Phi) is 3.83. The second-order valence-electron chi connectivity index (χ2n) is 7.40. The molecular formula is C21H16N8O2S. The van der Waals surface area contributed by atoms with Gasteiger partial charge in [0.25, 0.3) is 0 Å². The average molecular weight is 444 g/mol. The summed E-state index contributed by atoms with van der Waals surface area (Å²) in [6, 6.07) is 9.21. The summed E-state index contributed by atoms with van der Waals surface area (Å²) in [7, 11) is -2.19. The molecule has 0 aliphatic heterocycles. The summed E-state index contributed by atoms with van der Waals surface area (Å²) in [5, 5.41) is 15.9. The van der Waals surface area contributed by atoms with Crippen molar-refractivity contribution in [2.24, 2.45) is 7.05 Å². The first-order chi connectivity index (χ1) is 15.5. The van der Waals surface area contributed by atoms with Crippen LogP contribution in [0.15, 0.2) is 78.7 Å². The third kappa shape index (κ3) is 2.75. The molecule has 1 aromatic carbocycles. The first-order valence-electron chi connectivity index (χ1n) is 9.69. The number of nitrogens with zero attached hydrogens (tertiary/aromatic N) is 7. The van der Waals surface area contributed by atoms with Crippen LogP contribution >= 0.6 is 0 Å². The molecule has 0 aliphatic rings. The van der Waals surface area contributed by atoms with Crippen molar-refractivity contribution in [1.82, 2.24) is 38.5 Å². The van der Waals surface area contributed by atoms with Crippen LogP contribution in [0.4, 0.5) is 0 Å². The highest BCUT2D eigenvalue weighted by Crippen LogP contribution is 2.27. The van der Waals surface area contributed by atoms with Gasteiger partial charge >= 0.3 is 10.0 Å². The van der Waals surface area contributed by atoms with E-state index >= 15 is 0 Å². The Morgan fingerprint density at radius 3 is 2.53 bits per heavy atom. The Bertz CT molecular complexity index is 1710. The first-order valence-corrected chi connectivity index (χ1v) is 11.1. The van der Waals surface area contributed by atoms with Crippen molar-refractivity contribution >= 4 is 26.6 Å². The Labute approximate surface area is 181 Å². The molecule has 158 valence electrons. The number of pyridine rings is 1. The van der Waals surface area contributed by atoms with Crippen LogP contribution in [0, 0.1) is 0 Å². The van der Waals surface area contributed by atoms with Crippen LogP contribution in [0.3, 0.4) is 0 Å². The van der Waals surface area contributed by atoms with Gasteiger partial charge in [-0.15, -0.1) is 0 Å². The van der Waals surface area contributed by atoms with Gasteiger partial charge in [-0.25, -0.2) is 4.98 Å². The predicted octanol–water partition coefficient (Wildman–Crippen LogP) is 2.71. The van der Waals surface area contributed by atoms with Crippen molar-refractivity contribution in [3.8, 4) is 22.3 Å². The molecular weight excluding hydrogens is 428 g/mol. The van der Waals surface area contributed by atoms with Gasteiger partial charge in [0, 0.05) is 47.7 Å². The molecule has 1 N–H and O–H groups in total. The van der Waals surface area contributed by atoms with Crippen LogP contribution in [-0.4, -0.2) is 47.0 Å². The number of imidazole rings is 1. The van der Waals surface area contributed by atoms with Gasteiger partial charge in [-0.1, -0.05) is 12.1 Å². The lowest BCUT2D eigenvalue weighted by atomic mass is 10.1. The number of nitrogens with one attached hydrogen (secondary N) is 1. The normalized spacial score (nSPS) is 12.2. The number of rotatable bonds is 4. The zero-order valence-corrected chi connectivity index (χ0v) is 17.6. The fourth-order valence-corrected chi connectivity index (χ4v) is 5.10. The third-order valence-electron chi connectivity index (χ3n) is 5.37. The fraction of sp³-hybridized carbons (Fsp3) is 0.0476. The summed E-state index contributed by atoms with van der Waals surface area (Å²) < 4.78 is 31.6. The molecule has 0 saturated carbocycles. The number of hydrogen-bond donors (Lipinski definition) is 1. The Morgan fingerprint density at radius 2 is 1.75 bits per heavy atom. The molecule has 11 heteroatoms. The quantitative estimate of drug-likeness (QED) is 0.447. The topological polar surface area (TPSA) is 116 Å². The van der Waals surface area contributed by atoms with Crippen molar-refractivity contribution in [3.63, 3.8) is 0 Å². The predicted molar refractivity (Wildman–Crippen MR) is 117 cm³/mol. The highest BCUT2D eigenvalue weighted by molar-refractivity contribution is 7.90. The molecule has 0 amide bonds. The Hall–Kier alpha value is -4.25. The Balaban J connectivity index is 1.52. The summed E-state index contributed by atoms with van der Waals surface area (Å²) in [4.78, 5) is 4.27. The van der Waals surface area contributed by atoms with Gasteiger partial charge in [-0.2, -0.15) is 27.8 Å². The minimum absolute atomic E-state index is 0.0228. The lowest BCUT2D eigenvalue weighted by Gasteiger charge is -2.07. The number of aryl methyl sites for hydroxylation is 1. The van der Waals surface area contributed by atoms with Crippen molar-refractivity contribution < 1.29 is 8.42 Å². The zero-order valence-electron chi connectivity index (χ0n) is 16.8. The molecule has 6 rings (SSSR count). The van der Waals surface area contributed by atoms with Crippen LogP contribution in [-0.2, 0) is 17.1 Å². The van der Waals surface area contributed by atoms with Gasteiger partial charge in [-0.3, -0.25) is 14.2 Å². The molecule has 0 atom stereocenters. The number of aromatic amines is 1. The molecule has 5 heterocycles. The number of fused-ring (bicyclic) bond motifs is 2. The summed E-state index contributed by atoms with van der Waals surface area (Å²) in [6.07, 6.45) is 11.6. The molecule has 0 spiro atoms. The molecule has 0 bridgehead atoms. The van der Waals surface area contributed by atoms with E-state index in [0.29, 0.717) is 16.6 Å². The molecule has 10 nitrogen and oxygen atoms in total. The monoisotopic (exact) mass is 444 g/mol. The smallest absolute Gasteiger partial charge is 0.288 e. The summed E-state index contributed by atoms with van der Waals surface area (Å²) >= 11 is 0. The number of H-pyrrole nitrogens is 1. The number of benzene rings is 1. The molecule has 0 unspecified atom stereocenters. The van der Waals surface area contributed by atoms with E-state index in [1.807, 2.05) is 31.4 Å². The summed E-state index contributed by atoms with van der Waals surface area (Å²) in [6.45, 7) is 0. The maximum absolute atomic E-state index is 13.6. The van der Waals surface area contributed by atoms with Gasteiger partial charge in [0.15, 0.2) is 5.03 Å². The van der Waals surface area contributed by atoms with Crippen LogP contribution in [0.25, 0.3) is 38.8 Å². The number of hydrogen-bond acceptors (Lipinski definition) is 6. The zero-order chi connectivity index (χ0) is 21.9. The molecule has 0 aliphatic carbocycles. The third-order valence-corrected chi connectivity index (χ3v) is 6.95. The van der Waals surface area contributed by atoms with E-state index < -0.39 is 10.0 Å². The van der Waals surface area contributed by atoms with E-state index in [2.05, 4.69) is 25.4 Å². The average Bonchev–Trinajstić information content (AvgIpc) is 3.58. The van der Waals surface area contributed by atoms with Gasteiger partial charge in [-0.05, 0) is 23.8 Å². The molecule has 6 aromatic rings. The van der Waals surface area contributed by atoms with E-state index in [1.54, 1.807) is 52.2 Å². The lowest BCUT2D eigenvalue weighted by Crippen LogP contribution is -2.16. The maximum Gasteiger partial charge on any atom is 0.301 e. The standard InChI is InChI=1S/C21H16N8O2S/c1-27-12-18(10-25-27)14-2-3-15-9-26-29(19(15)6-14)32(30,31)21-11-22-20-5-4-16(13-28(20)21)17-7-23-24-8-17/h2-13H,1H3,(H,23,24). The van der Waals surface area contributed by atoms with Crippen LogP contribution in [0.2, 0.25) is 0 Å². The molecule has 5 aromatic heterocycles. The largest absolute Gasteiger partial charge is 0.301 e. The minimum atomic E-state index is -4.02. The Morgan fingerprint density at radius 1 is 0.875 bits per heavy atom. The highest BCUT2D eigenvalue weighted by atomic mass is 32.2. The van der Waals surface area contributed by atoms with Crippen LogP contribution in [0.1, 0.15) is 0 Å². The fourth-order valence-electron chi connectivity index (χ4n) is 3.75. The highest BCUT2D eigenvalue weighted by Gasteiger charge is 2.25. The van der Waals surface area contributed by atoms with Gasteiger partial charge in [0.05, 0.1) is 30.3 Å². The minimum Gasteiger partial charge on any atom is -0.288 e. The van der Waals surface area contributed by atoms with Crippen molar-refractivity contribution in [2.45, 2.75) is 5.03 Å². The molecule has 0 radical (unpaired) electrons. The van der Waals surface area contributed by atoms with Gasteiger partial charge in [0.1, 0.15) is 5.65 Å². The van der Waals surface area contributed by atoms with Crippen molar-refractivity contribution in [1.29, 1.82) is 0 Å². The molecule has 0 fully saturated rings. The summed E-state index contributed by atoms with van der Waals surface area (Å²) in [5.74, 6) is 0. The van der Waals surface area contributed by atoms with E-state index in [4.69, 9.17) is 0 Å². The summed E-state index contributed by atoms with van der Waals surface area (Å²) in [5.41, 5.74) is 4.39. The maximum atomic E-state index is 13.6. The van der Waals surface area contributed by atoms with Crippen molar-refractivity contribution in [2.75, 3.05) is 0 Å². The van der Waals surface area contributed by atoms with Gasteiger partial charge in [0.2, 0.25) is 0 Å². The number of aromatic nitrogens is 8. The molecule has 32 heavy (non-hydrogen) atoms. The second-order valence-corrected chi connectivity index (χ2v) is 9.11. The van der Waals surface area contributed by atoms with Crippen LogP contribution in [0.5, 0.6) is 0 Å². The van der Waals surface area contributed by atoms with E-state index in [1.165, 1.54) is 6.20 Å². The lowest BCUT2D eigenvalue weighted by molar-refractivity contribution is 0.577. The van der Waals surface area contributed by atoms with Gasteiger partial charge < -0.3 is 0 Å². The van der Waals surface area contributed by atoms with E-state index in [0.717, 1.165) is 26.3 Å². The first kappa shape index (κ1) is 18.5. The van der Waals surface area contributed by atoms with Crippen LogP contribution < -0.4 is 0 Å². The molecule has 0 saturated heterocycles. The van der Waals surface area contributed by atoms with Crippen molar-refractivity contribution in [3.05, 3.63) is 73.7 Å². The van der Waals surface area contributed by atoms with E-state index in [-0.39, 0.29) is 5.03 Å². The SMILES string of the molecule is Cn1cc(-c2ccc3cnn(S(=O)(=O)c4cnc5ccc(-c6cn[nH]c6)cn45)c3c2)cn1. The second kappa shape index (κ2) is 6.62.